The van der Waals surface area contributed by atoms with Crippen molar-refractivity contribution in [3.05, 3.63) is 34.0 Å². The van der Waals surface area contributed by atoms with Crippen LogP contribution in [0.1, 0.15) is 52.7 Å². The number of rotatable bonds is 4. The summed E-state index contributed by atoms with van der Waals surface area (Å²) in [6.45, 7) is 4.05. The molecule has 2 N–H and O–H groups in total. The van der Waals surface area contributed by atoms with Crippen LogP contribution in [0, 0.1) is 6.92 Å². The maximum Gasteiger partial charge on any atom is 0.341 e. The summed E-state index contributed by atoms with van der Waals surface area (Å²) < 4.78 is 5.29. The number of nitrogens with one attached hydrogen (secondary N) is 2. The molecule has 0 aliphatic heterocycles. The summed E-state index contributed by atoms with van der Waals surface area (Å²) >= 11 is 6.98. The number of anilines is 2. The first-order valence-corrected chi connectivity index (χ1v) is 10.00. The van der Waals surface area contributed by atoms with Crippen molar-refractivity contribution in [1.29, 1.82) is 0 Å². The third-order valence-electron chi connectivity index (χ3n) is 4.15. The summed E-state index contributed by atoms with van der Waals surface area (Å²) in [6, 6.07) is 1.82. The Kier molecular flexibility index (Phi) is 6.16. The number of carbonyl (C=O) groups is 1. The molecule has 6 nitrogen and oxygen atoms in total. The van der Waals surface area contributed by atoms with Crippen molar-refractivity contribution >= 4 is 45.6 Å². The van der Waals surface area contributed by atoms with Gasteiger partial charge in [0.2, 0.25) is 5.95 Å². The molecule has 138 valence electrons. The molecule has 0 fully saturated rings. The van der Waals surface area contributed by atoms with Gasteiger partial charge in [0.05, 0.1) is 12.2 Å². The summed E-state index contributed by atoms with van der Waals surface area (Å²) in [7, 11) is 0. The van der Waals surface area contributed by atoms with E-state index in [2.05, 4.69) is 20.6 Å². The number of esters is 1. The Labute approximate surface area is 162 Å². The molecule has 1 aliphatic carbocycles. The van der Waals surface area contributed by atoms with Gasteiger partial charge in [-0.25, -0.2) is 14.8 Å². The van der Waals surface area contributed by atoms with Gasteiger partial charge in [-0.2, -0.15) is 0 Å². The van der Waals surface area contributed by atoms with Crippen LogP contribution < -0.4 is 10.6 Å². The van der Waals surface area contributed by atoms with E-state index in [9.17, 15) is 4.79 Å². The predicted octanol–water partition coefficient (Wildman–Crippen LogP) is 4.10. The molecule has 3 rings (SSSR count). The van der Waals surface area contributed by atoms with Crippen LogP contribution in [-0.2, 0) is 17.6 Å². The van der Waals surface area contributed by atoms with Crippen molar-refractivity contribution < 1.29 is 9.53 Å². The van der Waals surface area contributed by atoms with Gasteiger partial charge in [-0.15, -0.1) is 11.3 Å². The van der Waals surface area contributed by atoms with Gasteiger partial charge in [-0.3, -0.25) is 0 Å². The molecule has 0 saturated heterocycles. The predicted molar refractivity (Wildman–Crippen MR) is 108 cm³/mol. The number of ether oxygens (including phenoxy) is 1. The Hall–Kier alpha value is -2.06. The summed E-state index contributed by atoms with van der Waals surface area (Å²) in [4.78, 5) is 22.2. The van der Waals surface area contributed by atoms with Gasteiger partial charge in [-0.1, -0.05) is 6.42 Å². The third-order valence-corrected chi connectivity index (χ3v) is 5.56. The molecule has 26 heavy (non-hydrogen) atoms. The lowest BCUT2D eigenvalue weighted by molar-refractivity contribution is 0.0527. The van der Waals surface area contributed by atoms with Gasteiger partial charge in [0, 0.05) is 16.8 Å². The molecule has 2 aromatic rings. The Balaban J connectivity index is 1.84. The number of thiophene rings is 1. The van der Waals surface area contributed by atoms with Crippen molar-refractivity contribution in [2.24, 2.45) is 0 Å². The SMILES string of the molecule is CCOC(=O)c1c(NC(=S)Nc2nccc(C)n2)sc2c1CCCCC2. The second-order valence-electron chi connectivity index (χ2n) is 6.09. The summed E-state index contributed by atoms with van der Waals surface area (Å²) in [5.41, 5.74) is 2.59. The van der Waals surface area contributed by atoms with Crippen LogP contribution in [0.5, 0.6) is 0 Å². The van der Waals surface area contributed by atoms with Crippen LogP contribution in [0.3, 0.4) is 0 Å². The monoisotopic (exact) mass is 390 g/mol. The largest absolute Gasteiger partial charge is 0.462 e. The van der Waals surface area contributed by atoms with Crippen LogP contribution in [0.15, 0.2) is 12.3 Å². The van der Waals surface area contributed by atoms with Gasteiger partial charge < -0.3 is 15.4 Å². The fraction of sp³-hybridized carbons (Fsp3) is 0.444. The molecule has 0 saturated carbocycles. The van der Waals surface area contributed by atoms with Gasteiger partial charge >= 0.3 is 5.97 Å². The number of nitrogens with zero attached hydrogens (tertiary/aromatic N) is 2. The summed E-state index contributed by atoms with van der Waals surface area (Å²) in [5, 5.41) is 7.22. The standard InChI is InChI=1S/C18H22N4O2S2/c1-3-24-16(23)14-12-7-5-4-6-8-13(12)26-15(14)21-18(25)22-17-19-10-9-11(2)20-17/h9-10H,3-8H2,1-2H3,(H2,19,20,21,22,25). The Morgan fingerprint density at radius 3 is 2.88 bits per heavy atom. The molecule has 2 heterocycles. The van der Waals surface area contributed by atoms with E-state index in [1.165, 1.54) is 11.3 Å². The molecule has 0 atom stereocenters. The Morgan fingerprint density at radius 1 is 1.31 bits per heavy atom. The highest BCUT2D eigenvalue weighted by Gasteiger charge is 2.26. The highest BCUT2D eigenvalue weighted by molar-refractivity contribution is 7.80. The molecule has 0 amide bonds. The molecule has 0 bridgehead atoms. The van der Waals surface area contributed by atoms with Gasteiger partial charge in [0.1, 0.15) is 5.00 Å². The van der Waals surface area contributed by atoms with E-state index in [0.29, 0.717) is 23.2 Å². The fourth-order valence-corrected chi connectivity index (χ4v) is 4.53. The van der Waals surface area contributed by atoms with E-state index in [1.807, 2.05) is 19.9 Å². The minimum Gasteiger partial charge on any atom is -0.462 e. The smallest absolute Gasteiger partial charge is 0.341 e. The second kappa shape index (κ2) is 8.55. The maximum atomic E-state index is 12.6. The molecule has 0 radical (unpaired) electrons. The van der Waals surface area contributed by atoms with Crippen molar-refractivity contribution in [2.45, 2.75) is 46.0 Å². The zero-order chi connectivity index (χ0) is 18.5. The first kappa shape index (κ1) is 18.7. The minimum atomic E-state index is -0.288. The summed E-state index contributed by atoms with van der Waals surface area (Å²) in [6.07, 6.45) is 7.00. The fourth-order valence-electron chi connectivity index (χ4n) is 2.99. The quantitative estimate of drug-likeness (QED) is 0.462. The van der Waals surface area contributed by atoms with E-state index in [4.69, 9.17) is 17.0 Å². The lowest BCUT2D eigenvalue weighted by Gasteiger charge is -2.11. The summed E-state index contributed by atoms with van der Waals surface area (Å²) in [5.74, 6) is 0.141. The number of thiocarbonyl (C=S) groups is 1. The number of fused-ring (bicyclic) bond motifs is 1. The first-order chi connectivity index (χ1) is 12.6. The van der Waals surface area contributed by atoms with Crippen molar-refractivity contribution in [2.75, 3.05) is 17.2 Å². The highest BCUT2D eigenvalue weighted by atomic mass is 32.1. The lowest BCUT2D eigenvalue weighted by Crippen LogP contribution is -2.21. The van der Waals surface area contributed by atoms with Crippen LogP contribution >= 0.6 is 23.6 Å². The van der Waals surface area contributed by atoms with E-state index < -0.39 is 0 Å². The lowest BCUT2D eigenvalue weighted by atomic mass is 10.1. The van der Waals surface area contributed by atoms with E-state index in [0.717, 1.165) is 41.9 Å². The number of aromatic nitrogens is 2. The molecular weight excluding hydrogens is 368 g/mol. The van der Waals surface area contributed by atoms with Crippen LogP contribution in [-0.4, -0.2) is 27.7 Å². The highest BCUT2D eigenvalue weighted by Crippen LogP contribution is 2.38. The number of hydrogen-bond donors (Lipinski definition) is 2. The maximum absolute atomic E-state index is 12.6. The number of carbonyl (C=O) groups excluding carboxylic acids is 1. The van der Waals surface area contributed by atoms with Crippen molar-refractivity contribution in [1.82, 2.24) is 9.97 Å². The van der Waals surface area contributed by atoms with Crippen LogP contribution in [0.2, 0.25) is 0 Å². The van der Waals surface area contributed by atoms with E-state index in [-0.39, 0.29) is 5.97 Å². The topological polar surface area (TPSA) is 76.1 Å². The second-order valence-corrected chi connectivity index (χ2v) is 7.60. The van der Waals surface area contributed by atoms with Crippen LogP contribution in [0.4, 0.5) is 10.9 Å². The van der Waals surface area contributed by atoms with E-state index in [1.54, 1.807) is 17.5 Å². The minimum absolute atomic E-state index is 0.288. The van der Waals surface area contributed by atoms with Crippen LogP contribution in [0.25, 0.3) is 0 Å². The molecule has 2 aromatic heterocycles. The van der Waals surface area contributed by atoms with E-state index >= 15 is 0 Å². The Morgan fingerprint density at radius 2 is 2.12 bits per heavy atom. The molecule has 8 heteroatoms. The molecule has 0 spiro atoms. The van der Waals surface area contributed by atoms with Gasteiger partial charge in [-0.05, 0) is 63.4 Å². The third kappa shape index (κ3) is 4.37. The first-order valence-electron chi connectivity index (χ1n) is 8.77. The van der Waals surface area contributed by atoms with Crippen molar-refractivity contribution in [3.8, 4) is 0 Å². The molecule has 1 aliphatic rings. The zero-order valence-electron chi connectivity index (χ0n) is 14.9. The van der Waals surface area contributed by atoms with Crippen molar-refractivity contribution in [3.63, 3.8) is 0 Å². The average Bonchev–Trinajstić information content (AvgIpc) is 2.76. The molecular formula is C18H22N4O2S2. The zero-order valence-corrected chi connectivity index (χ0v) is 16.6. The average molecular weight is 391 g/mol. The number of aryl methyl sites for hydroxylation is 2. The molecule has 0 aromatic carbocycles. The van der Waals surface area contributed by atoms with Gasteiger partial charge in [0.15, 0.2) is 5.11 Å². The normalized spacial score (nSPS) is 13.5. The number of hydrogen-bond acceptors (Lipinski definition) is 6. The van der Waals surface area contributed by atoms with Gasteiger partial charge in [0.25, 0.3) is 0 Å². The molecule has 0 unspecified atom stereocenters. The Bertz CT molecular complexity index is 820.